The molecule has 0 heterocycles. The molecule has 19 heavy (non-hydrogen) atoms. The number of carbonyl (C=O) groups excluding carboxylic acids is 2. The molecule has 112 valence electrons. The summed E-state index contributed by atoms with van der Waals surface area (Å²) in [4.78, 5) is 27.5. The third kappa shape index (κ3) is 6.05. The first-order chi connectivity index (χ1) is 9.01. The van der Waals surface area contributed by atoms with Gasteiger partial charge in [0.05, 0.1) is 13.2 Å². The Kier molecular flexibility index (Phi) is 9.21. The maximum absolute atomic E-state index is 12.0. The summed E-state index contributed by atoms with van der Waals surface area (Å²) in [5, 5.41) is 0. The first kappa shape index (κ1) is 17.9. The van der Waals surface area contributed by atoms with Crippen molar-refractivity contribution in [2.45, 2.75) is 46.6 Å². The molecule has 1 atom stereocenters. The maximum Gasteiger partial charge on any atom is 0.323 e. The SMILES string of the molecule is CCCC(C(=O)OCC)N(C)CC(=O)N(CC)CC. The summed E-state index contributed by atoms with van der Waals surface area (Å²) in [6, 6.07) is -0.329. The monoisotopic (exact) mass is 272 g/mol. The van der Waals surface area contributed by atoms with E-state index in [0.29, 0.717) is 26.1 Å². The molecule has 0 fully saturated rings. The minimum atomic E-state index is -0.329. The number of rotatable bonds is 9. The lowest BCUT2D eigenvalue weighted by Gasteiger charge is -2.28. The minimum Gasteiger partial charge on any atom is -0.465 e. The van der Waals surface area contributed by atoms with E-state index >= 15 is 0 Å². The first-order valence-electron chi connectivity index (χ1n) is 7.16. The molecule has 0 N–H and O–H groups in total. The Bertz CT molecular complexity index is 278. The molecule has 5 nitrogen and oxygen atoms in total. The van der Waals surface area contributed by atoms with E-state index in [1.54, 1.807) is 23.8 Å². The highest BCUT2D eigenvalue weighted by atomic mass is 16.5. The number of hydrogen-bond donors (Lipinski definition) is 0. The van der Waals surface area contributed by atoms with Crippen molar-refractivity contribution in [3.05, 3.63) is 0 Å². The summed E-state index contributed by atoms with van der Waals surface area (Å²) in [7, 11) is 1.80. The highest BCUT2D eigenvalue weighted by Gasteiger charge is 2.26. The third-order valence-electron chi connectivity index (χ3n) is 3.15. The molecule has 1 unspecified atom stereocenters. The van der Waals surface area contributed by atoms with Gasteiger partial charge < -0.3 is 9.64 Å². The van der Waals surface area contributed by atoms with E-state index in [1.807, 2.05) is 20.8 Å². The topological polar surface area (TPSA) is 49.9 Å². The van der Waals surface area contributed by atoms with Crippen molar-refractivity contribution in [1.29, 1.82) is 0 Å². The number of nitrogens with zero attached hydrogens (tertiary/aromatic N) is 2. The van der Waals surface area contributed by atoms with Crippen LogP contribution in [0.25, 0.3) is 0 Å². The Balaban J connectivity index is 4.58. The zero-order valence-electron chi connectivity index (χ0n) is 12.9. The molecule has 0 aromatic heterocycles. The summed E-state index contributed by atoms with van der Waals surface area (Å²) in [5.74, 6) is -0.183. The predicted octanol–water partition coefficient (Wildman–Crippen LogP) is 1.52. The van der Waals surface area contributed by atoms with Crippen LogP contribution in [0.1, 0.15) is 40.5 Å². The van der Waals surface area contributed by atoms with Crippen LogP contribution in [0.2, 0.25) is 0 Å². The lowest BCUT2D eigenvalue weighted by molar-refractivity contribution is -0.150. The van der Waals surface area contributed by atoms with E-state index in [1.165, 1.54) is 0 Å². The van der Waals surface area contributed by atoms with Gasteiger partial charge in [-0.2, -0.15) is 0 Å². The van der Waals surface area contributed by atoms with Crippen LogP contribution in [-0.4, -0.2) is 61.0 Å². The number of likely N-dealkylation sites (N-methyl/N-ethyl adjacent to an activating group) is 2. The van der Waals surface area contributed by atoms with Crippen molar-refractivity contribution in [3.63, 3.8) is 0 Å². The number of ether oxygens (including phenoxy) is 1. The van der Waals surface area contributed by atoms with E-state index in [0.717, 1.165) is 6.42 Å². The summed E-state index contributed by atoms with van der Waals surface area (Å²) < 4.78 is 5.07. The quantitative estimate of drug-likeness (QED) is 0.597. The maximum atomic E-state index is 12.0. The van der Waals surface area contributed by atoms with Crippen molar-refractivity contribution in [3.8, 4) is 0 Å². The molecule has 0 aromatic rings. The van der Waals surface area contributed by atoms with Crippen molar-refractivity contribution in [1.82, 2.24) is 9.80 Å². The van der Waals surface area contributed by atoms with Gasteiger partial charge in [-0.25, -0.2) is 0 Å². The van der Waals surface area contributed by atoms with Crippen LogP contribution in [0.4, 0.5) is 0 Å². The highest BCUT2D eigenvalue weighted by molar-refractivity contribution is 5.80. The molecule has 5 heteroatoms. The number of amides is 1. The fourth-order valence-corrected chi connectivity index (χ4v) is 2.03. The number of hydrogen-bond acceptors (Lipinski definition) is 4. The van der Waals surface area contributed by atoms with Crippen molar-refractivity contribution < 1.29 is 14.3 Å². The van der Waals surface area contributed by atoms with Gasteiger partial charge in [-0.15, -0.1) is 0 Å². The Labute approximate surface area is 116 Å². The van der Waals surface area contributed by atoms with Gasteiger partial charge in [0.25, 0.3) is 0 Å². The molecule has 0 aromatic carbocycles. The molecule has 0 rings (SSSR count). The van der Waals surface area contributed by atoms with Gasteiger partial charge in [-0.1, -0.05) is 13.3 Å². The van der Waals surface area contributed by atoms with Crippen LogP contribution in [0.15, 0.2) is 0 Å². The smallest absolute Gasteiger partial charge is 0.323 e. The Morgan fingerprint density at radius 2 is 1.68 bits per heavy atom. The number of carbonyl (C=O) groups is 2. The van der Waals surface area contributed by atoms with E-state index < -0.39 is 0 Å². The summed E-state index contributed by atoms with van der Waals surface area (Å²) >= 11 is 0. The van der Waals surface area contributed by atoms with Gasteiger partial charge in [0.1, 0.15) is 6.04 Å². The molecule has 0 aliphatic heterocycles. The van der Waals surface area contributed by atoms with E-state index in [9.17, 15) is 9.59 Å². The summed E-state index contributed by atoms with van der Waals surface area (Å²) in [6.45, 7) is 9.74. The molecule has 0 bridgehead atoms. The fourth-order valence-electron chi connectivity index (χ4n) is 2.03. The molecule has 0 aliphatic rings. The largest absolute Gasteiger partial charge is 0.465 e. The van der Waals surface area contributed by atoms with Crippen LogP contribution < -0.4 is 0 Å². The lowest BCUT2D eigenvalue weighted by atomic mass is 10.1. The van der Waals surface area contributed by atoms with Gasteiger partial charge in [0.2, 0.25) is 5.91 Å². The van der Waals surface area contributed by atoms with Crippen molar-refractivity contribution >= 4 is 11.9 Å². The first-order valence-corrected chi connectivity index (χ1v) is 7.16. The molecule has 1 amide bonds. The molecule has 0 spiro atoms. The van der Waals surface area contributed by atoms with Crippen molar-refractivity contribution in [2.75, 3.05) is 33.3 Å². The Hall–Kier alpha value is -1.10. The third-order valence-corrected chi connectivity index (χ3v) is 3.15. The van der Waals surface area contributed by atoms with Crippen LogP contribution in [-0.2, 0) is 14.3 Å². The second-order valence-electron chi connectivity index (χ2n) is 4.54. The summed E-state index contributed by atoms with van der Waals surface area (Å²) in [5.41, 5.74) is 0. The van der Waals surface area contributed by atoms with E-state index in [4.69, 9.17) is 4.74 Å². The molecular weight excluding hydrogens is 244 g/mol. The molecular formula is C14H28N2O3. The normalized spacial score (nSPS) is 12.3. The van der Waals surface area contributed by atoms with Gasteiger partial charge in [0.15, 0.2) is 0 Å². The van der Waals surface area contributed by atoms with Crippen molar-refractivity contribution in [2.24, 2.45) is 0 Å². The van der Waals surface area contributed by atoms with Gasteiger partial charge >= 0.3 is 5.97 Å². The molecule has 0 aliphatic carbocycles. The molecule has 0 radical (unpaired) electrons. The van der Waals surface area contributed by atoms with E-state index in [-0.39, 0.29) is 24.5 Å². The minimum absolute atomic E-state index is 0.0536. The second-order valence-corrected chi connectivity index (χ2v) is 4.54. The lowest BCUT2D eigenvalue weighted by Crippen LogP contribution is -2.46. The second kappa shape index (κ2) is 9.78. The zero-order valence-corrected chi connectivity index (χ0v) is 12.9. The predicted molar refractivity (Wildman–Crippen MR) is 75.9 cm³/mol. The Morgan fingerprint density at radius 1 is 1.11 bits per heavy atom. The fraction of sp³-hybridized carbons (Fsp3) is 0.857. The zero-order chi connectivity index (χ0) is 14.8. The average Bonchev–Trinajstić information content (AvgIpc) is 2.37. The van der Waals surface area contributed by atoms with Gasteiger partial charge in [-0.05, 0) is 34.2 Å². The Morgan fingerprint density at radius 3 is 2.11 bits per heavy atom. The standard InChI is InChI=1S/C14H28N2O3/c1-6-10-12(14(18)19-9-4)15(5)11-13(17)16(7-2)8-3/h12H,6-11H2,1-5H3. The van der Waals surface area contributed by atoms with Crippen LogP contribution in [0.5, 0.6) is 0 Å². The average molecular weight is 272 g/mol. The van der Waals surface area contributed by atoms with Crippen LogP contribution in [0, 0.1) is 0 Å². The van der Waals surface area contributed by atoms with Crippen LogP contribution >= 0.6 is 0 Å². The van der Waals surface area contributed by atoms with Crippen LogP contribution in [0.3, 0.4) is 0 Å². The summed E-state index contributed by atoms with van der Waals surface area (Å²) in [6.07, 6.45) is 1.59. The van der Waals surface area contributed by atoms with Gasteiger partial charge in [0, 0.05) is 13.1 Å². The molecule has 0 saturated heterocycles. The number of esters is 1. The van der Waals surface area contributed by atoms with Gasteiger partial charge in [-0.3, -0.25) is 14.5 Å². The molecule has 0 saturated carbocycles. The highest BCUT2D eigenvalue weighted by Crippen LogP contribution is 2.08. The van der Waals surface area contributed by atoms with E-state index in [2.05, 4.69) is 0 Å².